The Labute approximate surface area is 215 Å². The predicted octanol–water partition coefficient (Wildman–Crippen LogP) is 5.09. The third-order valence-corrected chi connectivity index (χ3v) is 7.09. The van der Waals surface area contributed by atoms with Crippen molar-refractivity contribution in [2.75, 3.05) is 26.2 Å². The van der Waals surface area contributed by atoms with Gasteiger partial charge in [-0.25, -0.2) is 9.37 Å². The maximum atomic E-state index is 13.5. The van der Waals surface area contributed by atoms with Crippen LogP contribution >= 0.6 is 11.3 Å². The van der Waals surface area contributed by atoms with Crippen LogP contribution in [0.1, 0.15) is 17.2 Å². The van der Waals surface area contributed by atoms with Crippen LogP contribution in [-0.2, 0) is 9.59 Å². The minimum absolute atomic E-state index is 0.152. The van der Waals surface area contributed by atoms with Gasteiger partial charge in [-0.05, 0) is 60.2 Å². The van der Waals surface area contributed by atoms with Gasteiger partial charge in [0.05, 0.1) is 43.2 Å². The molecule has 37 heavy (non-hydrogen) atoms. The fourth-order valence-electron chi connectivity index (χ4n) is 4.25. The van der Waals surface area contributed by atoms with Gasteiger partial charge in [0.2, 0.25) is 0 Å². The molecule has 1 fully saturated rings. The van der Waals surface area contributed by atoms with Gasteiger partial charge in [0.25, 0.3) is 5.78 Å². The van der Waals surface area contributed by atoms with Crippen molar-refractivity contribution >= 4 is 44.1 Å². The van der Waals surface area contributed by atoms with Crippen LogP contribution in [0.3, 0.4) is 0 Å². The molecule has 1 aliphatic heterocycles. The highest BCUT2D eigenvalue weighted by Crippen LogP contribution is 2.46. The monoisotopic (exact) mass is 520 g/mol. The Bertz CT molecular complexity index is 1560. The summed E-state index contributed by atoms with van der Waals surface area (Å²) in [5.74, 6) is -1.22. The molecule has 0 radical (unpaired) electrons. The molecule has 1 unspecified atom stereocenters. The van der Waals surface area contributed by atoms with E-state index >= 15 is 0 Å². The second-order valence-electron chi connectivity index (χ2n) is 8.12. The average Bonchev–Trinajstić information content (AvgIpc) is 3.45. The number of benzene rings is 3. The van der Waals surface area contributed by atoms with E-state index in [4.69, 9.17) is 14.2 Å². The zero-order chi connectivity index (χ0) is 26.3. The second kappa shape index (κ2) is 9.55. The number of nitrogens with zero attached hydrogens (tertiary/aromatic N) is 2. The lowest BCUT2D eigenvalue weighted by Crippen LogP contribution is -2.29. The van der Waals surface area contributed by atoms with Crippen molar-refractivity contribution in [1.29, 1.82) is 0 Å². The number of thiazole rings is 1. The highest BCUT2D eigenvalue weighted by molar-refractivity contribution is 7.22. The number of rotatable bonds is 6. The maximum Gasteiger partial charge on any atom is 0.301 e. The van der Waals surface area contributed by atoms with Crippen molar-refractivity contribution in [3.63, 3.8) is 0 Å². The van der Waals surface area contributed by atoms with Crippen LogP contribution in [0.25, 0.3) is 16.0 Å². The normalized spacial score (nSPS) is 16.9. The number of amides is 1. The molecule has 10 heteroatoms. The van der Waals surface area contributed by atoms with E-state index in [0.717, 1.165) is 16.8 Å². The van der Waals surface area contributed by atoms with E-state index in [2.05, 4.69) is 4.98 Å². The molecular weight excluding hydrogens is 499 g/mol. The molecule has 0 saturated carbocycles. The minimum atomic E-state index is -1.03. The average molecular weight is 521 g/mol. The highest BCUT2D eigenvalue weighted by atomic mass is 32.1. The number of carbonyl (C=O) groups excluding carboxylic acids is 2. The van der Waals surface area contributed by atoms with E-state index in [1.165, 1.54) is 42.6 Å². The Morgan fingerprint density at radius 2 is 1.68 bits per heavy atom. The van der Waals surface area contributed by atoms with Crippen LogP contribution in [0.15, 0.2) is 66.2 Å². The van der Waals surface area contributed by atoms with Crippen molar-refractivity contribution in [2.45, 2.75) is 6.04 Å². The molecule has 5 rings (SSSR count). The van der Waals surface area contributed by atoms with E-state index in [1.54, 1.807) is 43.5 Å². The van der Waals surface area contributed by atoms with E-state index in [9.17, 15) is 19.1 Å². The van der Waals surface area contributed by atoms with Crippen molar-refractivity contribution in [1.82, 2.24) is 4.98 Å². The van der Waals surface area contributed by atoms with E-state index in [-0.39, 0.29) is 16.3 Å². The summed E-state index contributed by atoms with van der Waals surface area (Å²) in [6, 6.07) is 14.2. The molecule has 1 amide bonds. The van der Waals surface area contributed by atoms with Gasteiger partial charge >= 0.3 is 5.91 Å². The van der Waals surface area contributed by atoms with Gasteiger partial charge in [0.1, 0.15) is 17.3 Å². The summed E-state index contributed by atoms with van der Waals surface area (Å²) in [6.45, 7) is 0. The Morgan fingerprint density at radius 3 is 2.35 bits per heavy atom. The number of aliphatic hydroxyl groups excluding tert-OH is 1. The molecule has 1 aromatic heterocycles. The number of halogens is 1. The van der Waals surface area contributed by atoms with Crippen LogP contribution < -0.4 is 19.1 Å². The lowest BCUT2D eigenvalue weighted by atomic mass is 9.95. The molecule has 1 N–H and O–H groups in total. The molecule has 1 saturated heterocycles. The van der Waals surface area contributed by atoms with Crippen molar-refractivity contribution in [3.05, 3.63) is 83.2 Å². The SMILES string of the molecule is COc1ccc2nc(N3C(=O)C(=O)/C(=C(/O)c4ccc(F)cc4)C3c3ccc(OC)c(OC)c3)sc2c1. The second-order valence-corrected chi connectivity index (χ2v) is 9.13. The number of carbonyl (C=O) groups is 2. The largest absolute Gasteiger partial charge is 0.507 e. The van der Waals surface area contributed by atoms with Gasteiger partial charge in [-0.2, -0.15) is 0 Å². The third-order valence-electron chi connectivity index (χ3n) is 6.08. The number of Topliss-reactive ketones (excluding diaryl/α,β-unsaturated/α-hetero) is 1. The predicted molar refractivity (Wildman–Crippen MR) is 137 cm³/mol. The van der Waals surface area contributed by atoms with Gasteiger partial charge < -0.3 is 19.3 Å². The maximum absolute atomic E-state index is 13.5. The topological polar surface area (TPSA) is 98.2 Å². The Kier molecular flexibility index (Phi) is 6.26. The molecule has 2 heterocycles. The van der Waals surface area contributed by atoms with Crippen LogP contribution in [0.5, 0.6) is 17.2 Å². The molecule has 1 atom stereocenters. The first kappa shape index (κ1) is 24.3. The third kappa shape index (κ3) is 4.15. The van der Waals surface area contributed by atoms with Crippen LogP contribution in [-0.4, -0.2) is 43.1 Å². The standard InChI is InChI=1S/C27H21FN2O6S/c1-34-17-9-10-18-21(13-17)37-27(29-18)30-23(15-6-11-19(35-2)20(12-15)36-3)22(25(32)26(30)33)24(31)14-4-7-16(28)8-5-14/h4-13,23,31H,1-3H3/b24-22+. The summed E-state index contributed by atoms with van der Waals surface area (Å²) in [6.07, 6.45) is 0. The molecule has 0 aliphatic carbocycles. The summed E-state index contributed by atoms with van der Waals surface area (Å²) in [5, 5.41) is 11.5. The first-order valence-corrected chi connectivity index (χ1v) is 11.9. The lowest BCUT2D eigenvalue weighted by Gasteiger charge is -2.23. The number of hydrogen-bond acceptors (Lipinski definition) is 8. The summed E-state index contributed by atoms with van der Waals surface area (Å²) in [5.41, 5.74) is 1.14. The minimum Gasteiger partial charge on any atom is -0.507 e. The fourth-order valence-corrected chi connectivity index (χ4v) is 5.27. The summed E-state index contributed by atoms with van der Waals surface area (Å²) in [7, 11) is 4.51. The number of fused-ring (bicyclic) bond motifs is 1. The Balaban J connectivity index is 1.73. The molecule has 4 aromatic rings. The zero-order valence-electron chi connectivity index (χ0n) is 20.0. The van der Waals surface area contributed by atoms with Gasteiger partial charge in [0, 0.05) is 5.56 Å². The van der Waals surface area contributed by atoms with Crippen LogP contribution in [0.4, 0.5) is 9.52 Å². The number of methoxy groups -OCH3 is 3. The first-order valence-electron chi connectivity index (χ1n) is 11.1. The van der Waals surface area contributed by atoms with Gasteiger partial charge in [-0.15, -0.1) is 0 Å². The number of ketones is 1. The lowest BCUT2D eigenvalue weighted by molar-refractivity contribution is -0.132. The number of hydrogen-bond donors (Lipinski definition) is 1. The highest BCUT2D eigenvalue weighted by Gasteiger charge is 2.48. The molecule has 188 valence electrons. The van der Waals surface area contributed by atoms with Crippen molar-refractivity contribution in [3.8, 4) is 17.2 Å². The molecule has 8 nitrogen and oxygen atoms in total. The molecule has 0 bridgehead atoms. The van der Waals surface area contributed by atoms with Gasteiger partial charge in [-0.3, -0.25) is 14.5 Å². The number of aliphatic hydroxyl groups is 1. The van der Waals surface area contributed by atoms with Crippen LogP contribution in [0, 0.1) is 5.82 Å². The zero-order valence-corrected chi connectivity index (χ0v) is 20.8. The van der Waals surface area contributed by atoms with Gasteiger partial charge in [0.15, 0.2) is 16.6 Å². The number of ether oxygens (including phenoxy) is 3. The van der Waals surface area contributed by atoms with E-state index < -0.39 is 29.3 Å². The number of anilines is 1. The first-order chi connectivity index (χ1) is 17.9. The molecule has 1 aliphatic rings. The Morgan fingerprint density at radius 1 is 0.946 bits per heavy atom. The van der Waals surface area contributed by atoms with Crippen molar-refractivity contribution < 1.29 is 33.3 Å². The van der Waals surface area contributed by atoms with Crippen molar-refractivity contribution in [2.24, 2.45) is 0 Å². The molecular formula is C27H21FN2O6S. The number of aromatic nitrogens is 1. The molecule has 3 aromatic carbocycles. The van der Waals surface area contributed by atoms with E-state index in [1.807, 2.05) is 0 Å². The fraction of sp³-hybridized carbons (Fsp3) is 0.148. The summed E-state index contributed by atoms with van der Waals surface area (Å²) < 4.78 is 30.3. The quantitative estimate of drug-likeness (QED) is 0.215. The van der Waals surface area contributed by atoms with E-state index in [0.29, 0.717) is 28.3 Å². The Hall–Kier alpha value is -4.44. The summed E-state index contributed by atoms with van der Waals surface area (Å²) >= 11 is 1.21. The summed E-state index contributed by atoms with van der Waals surface area (Å²) in [4.78, 5) is 32.6. The van der Waals surface area contributed by atoms with Crippen LogP contribution in [0.2, 0.25) is 0 Å². The molecule has 0 spiro atoms. The van der Waals surface area contributed by atoms with Gasteiger partial charge in [-0.1, -0.05) is 17.4 Å². The smallest absolute Gasteiger partial charge is 0.301 e.